The molecule has 0 radical (unpaired) electrons. The summed E-state index contributed by atoms with van der Waals surface area (Å²) in [5.74, 6) is 0.665. The van der Waals surface area contributed by atoms with Gasteiger partial charge in [-0.2, -0.15) is 0 Å². The van der Waals surface area contributed by atoms with Crippen LogP contribution in [0.15, 0.2) is 17.0 Å². The largest absolute Gasteiger partial charge is 0.493 e. The van der Waals surface area contributed by atoms with Crippen molar-refractivity contribution in [1.82, 2.24) is 10.0 Å². The zero-order valence-corrected chi connectivity index (χ0v) is 14.4. The standard InChI is InChI=1S/C13H21ClN2O5S/c1-19-7-6-15-4-5-16-22(17,18)13-9-12(21-3)11(20-2)8-10(13)14/h8-9,15-16H,4-7H2,1-3H3. The minimum absolute atomic E-state index is 0.0521. The van der Waals surface area contributed by atoms with Gasteiger partial charge in [0.2, 0.25) is 10.0 Å². The summed E-state index contributed by atoms with van der Waals surface area (Å²) in [4.78, 5) is -0.0521. The van der Waals surface area contributed by atoms with Crippen LogP contribution in [-0.4, -0.2) is 56.0 Å². The summed E-state index contributed by atoms with van der Waals surface area (Å²) in [6.07, 6.45) is 0. The van der Waals surface area contributed by atoms with Gasteiger partial charge in [-0.3, -0.25) is 0 Å². The number of sulfonamides is 1. The predicted molar refractivity (Wildman–Crippen MR) is 84.5 cm³/mol. The molecule has 1 aromatic carbocycles. The van der Waals surface area contributed by atoms with Gasteiger partial charge in [-0.15, -0.1) is 0 Å². The van der Waals surface area contributed by atoms with Crippen molar-refractivity contribution in [3.63, 3.8) is 0 Å². The minimum Gasteiger partial charge on any atom is -0.493 e. The Morgan fingerprint density at radius 2 is 1.68 bits per heavy atom. The molecule has 7 nitrogen and oxygen atoms in total. The van der Waals surface area contributed by atoms with Gasteiger partial charge in [0.1, 0.15) is 4.90 Å². The van der Waals surface area contributed by atoms with Crippen LogP contribution in [0.2, 0.25) is 5.02 Å². The van der Waals surface area contributed by atoms with Crippen LogP contribution >= 0.6 is 11.6 Å². The van der Waals surface area contributed by atoms with Gasteiger partial charge in [0.25, 0.3) is 0 Å². The fourth-order valence-electron chi connectivity index (χ4n) is 1.69. The van der Waals surface area contributed by atoms with E-state index in [0.717, 1.165) is 0 Å². The SMILES string of the molecule is COCCNCCNS(=O)(=O)c1cc(OC)c(OC)cc1Cl. The zero-order valence-electron chi connectivity index (χ0n) is 12.8. The Bertz CT molecular complexity index is 580. The van der Waals surface area contributed by atoms with Crippen LogP contribution in [0, 0.1) is 0 Å². The van der Waals surface area contributed by atoms with E-state index in [9.17, 15) is 8.42 Å². The maximum absolute atomic E-state index is 12.3. The molecule has 0 amide bonds. The van der Waals surface area contributed by atoms with Crippen LogP contribution in [0.5, 0.6) is 11.5 Å². The van der Waals surface area contributed by atoms with Gasteiger partial charge in [-0.05, 0) is 0 Å². The number of hydrogen-bond donors (Lipinski definition) is 2. The van der Waals surface area contributed by atoms with Crippen molar-refractivity contribution >= 4 is 21.6 Å². The summed E-state index contributed by atoms with van der Waals surface area (Å²) in [6, 6.07) is 2.74. The first kappa shape index (κ1) is 19.0. The van der Waals surface area contributed by atoms with Crippen LogP contribution in [0.4, 0.5) is 0 Å². The molecule has 126 valence electrons. The highest BCUT2D eigenvalue weighted by Gasteiger charge is 2.21. The molecular weight excluding hydrogens is 332 g/mol. The molecule has 0 aliphatic carbocycles. The minimum atomic E-state index is -3.73. The lowest BCUT2D eigenvalue weighted by Gasteiger charge is -2.13. The summed E-state index contributed by atoms with van der Waals surface area (Å²) in [7, 11) is 0.747. The predicted octanol–water partition coefficient (Wildman–Crippen LogP) is 0.871. The Morgan fingerprint density at radius 1 is 1.05 bits per heavy atom. The number of hydrogen-bond acceptors (Lipinski definition) is 6. The molecule has 0 spiro atoms. The highest BCUT2D eigenvalue weighted by atomic mass is 35.5. The maximum atomic E-state index is 12.3. The molecule has 0 bridgehead atoms. The summed E-state index contributed by atoms with van der Waals surface area (Å²) >= 11 is 6.02. The molecule has 0 aromatic heterocycles. The topological polar surface area (TPSA) is 85.9 Å². The van der Waals surface area contributed by atoms with E-state index in [2.05, 4.69) is 10.0 Å². The molecule has 0 aliphatic rings. The van der Waals surface area contributed by atoms with Crippen molar-refractivity contribution in [3.8, 4) is 11.5 Å². The Hall–Kier alpha value is -1.06. The average molecular weight is 353 g/mol. The third kappa shape index (κ3) is 5.29. The fourth-order valence-corrected chi connectivity index (χ4v) is 3.25. The molecule has 0 saturated heterocycles. The van der Waals surface area contributed by atoms with E-state index in [1.54, 1.807) is 7.11 Å². The highest BCUT2D eigenvalue weighted by Crippen LogP contribution is 2.35. The van der Waals surface area contributed by atoms with Gasteiger partial charge in [-0.25, -0.2) is 13.1 Å². The molecule has 22 heavy (non-hydrogen) atoms. The van der Waals surface area contributed by atoms with E-state index < -0.39 is 10.0 Å². The molecule has 2 N–H and O–H groups in total. The average Bonchev–Trinajstić information content (AvgIpc) is 2.50. The molecule has 0 saturated carbocycles. The monoisotopic (exact) mass is 352 g/mol. The lowest BCUT2D eigenvalue weighted by Crippen LogP contribution is -2.33. The number of halogens is 1. The van der Waals surface area contributed by atoms with Crippen LogP contribution in [0.1, 0.15) is 0 Å². The first-order chi connectivity index (χ1) is 10.5. The van der Waals surface area contributed by atoms with E-state index in [1.807, 2.05) is 0 Å². The quantitative estimate of drug-likeness (QED) is 0.608. The van der Waals surface area contributed by atoms with Crippen molar-refractivity contribution < 1.29 is 22.6 Å². The Morgan fingerprint density at radius 3 is 2.27 bits per heavy atom. The summed E-state index contributed by atoms with van der Waals surface area (Å²) in [5, 5.41) is 3.10. The first-order valence-electron chi connectivity index (χ1n) is 6.57. The Kier molecular flexibility index (Phi) is 7.91. The second kappa shape index (κ2) is 9.16. The van der Waals surface area contributed by atoms with Gasteiger partial charge >= 0.3 is 0 Å². The number of rotatable bonds is 10. The second-order valence-corrected chi connectivity index (χ2v) is 6.42. The van der Waals surface area contributed by atoms with Gasteiger partial charge in [0, 0.05) is 38.9 Å². The van der Waals surface area contributed by atoms with Gasteiger partial charge in [-0.1, -0.05) is 11.6 Å². The molecule has 0 aliphatic heterocycles. The summed E-state index contributed by atoms with van der Waals surface area (Å²) in [5.41, 5.74) is 0. The number of methoxy groups -OCH3 is 3. The maximum Gasteiger partial charge on any atom is 0.242 e. The summed E-state index contributed by atoms with van der Waals surface area (Å²) in [6.45, 7) is 1.92. The Balaban J connectivity index is 2.76. The molecule has 1 rings (SSSR count). The van der Waals surface area contributed by atoms with E-state index in [-0.39, 0.29) is 16.5 Å². The molecular formula is C13H21ClN2O5S. The molecule has 1 aromatic rings. The fraction of sp³-hybridized carbons (Fsp3) is 0.538. The first-order valence-corrected chi connectivity index (χ1v) is 8.43. The third-order valence-electron chi connectivity index (χ3n) is 2.80. The van der Waals surface area contributed by atoms with E-state index >= 15 is 0 Å². The van der Waals surface area contributed by atoms with Crippen molar-refractivity contribution in [2.45, 2.75) is 4.90 Å². The molecule has 0 fully saturated rings. The molecule has 9 heteroatoms. The number of ether oxygens (including phenoxy) is 3. The number of benzene rings is 1. The smallest absolute Gasteiger partial charge is 0.242 e. The van der Waals surface area contributed by atoms with E-state index in [1.165, 1.54) is 26.4 Å². The van der Waals surface area contributed by atoms with Gasteiger partial charge in [0.05, 0.1) is 25.8 Å². The van der Waals surface area contributed by atoms with E-state index in [4.69, 9.17) is 25.8 Å². The highest BCUT2D eigenvalue weighted by molar-refractivity contribution is 7.89. The second-order valence-electron chi connectivity index (χ2n) is 4.28. The lowest BCUT2D eigenvalue weighted by atomic mass is 10.3. The normalized spacial score (nSPS) is 11.5. The van der Waals surface area contributed by atoms with Crippen molar-refractivity contribution in [2.75, 3.05) is 47.6 Å². The van der Waals surface area contributed by atoms with Crippen LogP contribution in [-0.2, 0) is 14.8 Å². The molecule has 0 atom stereocenters. The Labute approximate surface area is 135 Å². The summed E-state index contributed by atoms with van der Waals surface area (Å²) < 4.78 is 42.0. The van der Waals surface area contributed by atoms with Crippen molar-refractivity contribution in [2.24, 2.45) is 0 Å². The number of nitrogens with one attached hydrogen (secondary N) is 2. The third-order valence-corrected chi connectivity index (χ3v) is 4.73. The van der Waals surface area contributed by atoms with Crippen LogP contribution in [0.25, 0.3) is 0 Å². The lowest BCUT2D eigenvalue weighted by molar-refractivity contribution is 0.199. The van der Waals surface area contributed by atoms with E-state index in [0.29, 0.717) is 31.2 Å². The van der Waals surface area contributed by atoms with Gasteiger partial charge in [0.15, 0.2) is 11.5 Å². The van der Waals surface area contributed by atoms with Crippen LogP contribution < -0.4 is 19.5 Å². The van der Waals surface area contributed by atoms with Gasteiger partial charge < -0.3 is 19.5 Å². The van der Waals surface area contributed by atoms with Crippen molar-refractivity contribution in [3.05, 3.63) is 17.2 Å². The molecule has 0 unspecified atom stereocenters. The van der Waals surface area contributed by atoms with Crippen LogP contribution in [0.3, 0.4) is 0 Å². The van der Waals surface area contributed by atoms with Crippen molar-refractivity contribution in [1.29, 1.82) is 0 Å². The zero-order chi connectivity index (χ0) is 16.6. The molecule has 0 heterocycles.